The van der Waals surface area contributed by atoms with Gasteiger partial charge < -0.3 is 34.2 Å². The van der Waals surface area contributed by atoms with Gasteiger partial charge in [-0.25, -0.2) is 9.48 Å². The van der Waals surface area contributed by atoms with Gasteiger partial charge >= 0.3 is 5.97 Å². The number of aliphatic hydroxyl groups excluding tert-OH is 1. The Balaban J connectivity index is 0.000000789. The highest BCUT2D eigenvalue weighted by Gasteiger charge is 2.21. The largest absolute Gasteiger partial charge is 0.509 e. The van der Waals surface area contributed by atoms with Crippen LogP contribution in [0.25, 0.3) is 0 Å². The highest BCUT2D eigenvalue weighted by molar-refractivity contribution is 5.87. The third-order valence-electron chi connectivity index (χ3n) is 5.38. The summed E-state index contributed by atoms with van der Waals surface area (Å²) in [5.74, 6) is -0.776. The number of methoxy groups -OCH3 is 1. The number of rotatable bonds is 13. The van der Waals surface area contributed by atoms with Crippen LogP contribution in [0.2, 0.25) is 0 Å². The molecule has 1 amide bonds. The number of carboxylic acids is 1. The molecule has 36 heavy (non-hydrogen) atoms. The molecule has 1 fully saturated rings. The van der Waals surface area contributed by atoms with E-state index < -0.39 is 5.97 Å². The molecule has 1 aliphatic rings. The van der Waals surface area contributed by atoms with E-state index in [2.05, 4.69) is 23.6 Å². The maximum atomic E-state index is 11.6. The van der Waals surface area contributed by atoms with Crippen molar-refractivity contribution in [3.05, 3.63) is 53.3 Å². The average Bonchev–Trinajstić information content (AvgIpc) is 3.28. The Hall–Kier alpha value is -3.15. The van der Waals surface area contributed by atoms with E-state index in [0.717, 1.165) is 26.3 Å². The molecule has 1 unspecified atom stereocenters. The summed E-state index contributed by atoms with van der Waals surface area (Å²) in [5, 5.41) is 22.9. The molecular weight excluding hydrogens is 468 g/mol. The lowest BCUT2D eigenvalue weighted by atomic mass is 10.1. The standard InChI is InChI=1S/C20H29N3O6.C5H11NO/c1-6-18(29-7-2)23-12-17(19(21-23)20(26)27)11-22(13-24)10-16(15(4)28-5)9-8-14(3)25;1-6-2-4-7-5-3-6/h8-9,12-13,18,25H,3,6-7,10-11H2,1-2,4-5H3,(H,26,27);2-5H2,1H3/b9-8-,16-15-;. The van der Waals surface area contributed by atoms with Crippen molar-refractivity contribution in [1.82, 2.24) is 19.6 Å². The number of ether oxygens (including phenoxy) is 3. The number of likely N-dealkylation sites (N-methyl/N-ethyl adjacent to an activating group) is 1. The maximum absolute atomic E-state index is 11.6. The van der Waals surface area contributed by atoms with Crippen molar-refractivity contribution in [3.63, 3.8) is 0 Å². The summed E-state index contributed by atoms with van der Waals surface area (Å²) in [6.45, 7) is 13.5. The summed E-state index contributed by atoms with van der Waals surface area (Å²) in [4.78, 5) is 26.9. The van der Waals surface area contributed by atoms with Crippen LogP contribution in [0.1, 0.15) is 49.5 Å². The molecule has 11 nitrogen and oxygen atoms in total. The van der Waals surface area contributed by atoms with Crippen molar-refractivity contribution in [2.45, 2.75) is 40.0 Å². The molecule has 0 bridgehead atoms. The Morgan fingerprint density at radius 1 is 1.31 bits per heavy atom. The van der Waals surface area contributed by atoms with Crippen LogP contribution < -0.4 is 0 Å². The molecule has 1 saturated heterocycles. The molecule has 2 rings (SSSR count). The number of aromatic carboxylic acids is 1. The predicted molar refractivity (Wildman–Crippen MR) is 136 cm³/mol. The van der Waals surface area contributed by atoms with Crippen molar-refractivity contribution in [2.75, 3.05) is 53.6 Å². The van der Waals surface area contributed by atoms with Gasteiger partial charge in [0, 0.05) is 50.1 Å². The molecule has 202 valence electrons. The van der Waals surface area contributed by atoms with E-state index in [1.54, 1.807) is 19.2 Å². The monoisotopic (exact) mass is 508 g/mol. The van der Waals surface area contributed by atoms with Gasteiger partial charge in [-0.1, -0.05) is 19.6 Å². The van der Waals surface area contributed by atoms with Crippen LogP contribution in [-0.2, 0) is 25.5 Å². The summed E-state index contributed by atoms with van der Waals surface area (Å²) in [7, 11) is 3.61. The van der Waals surface area contributed by atoms with Crippen molar-refractivity contribution < 1.29 is 34.0 Å². The Morgan fingerprint density at radius 3 is 2.42 bits per heavy atom. The lowest BCUT2D eigenvalue weighted by Gasteiger charge is -2.21. The van der Waals surface area contributed by atoms with Gasteiger partial charge in [0.2, 0.25) is 6.41 Å². The first-order valence-corrected chi connectivity index (χ1v) is 11.8. The summed E-state index contributed by atoms with van der Waals surface area (Å²) >= 11 is 0. The zero-order chi connectivity index (χ0) is 27.1. The van der Waals surface area contributed by atoms with Crippen LogP contribution in [0, 0.1) is 0 Å². The van der Waals surface area contributed by atoms with Gasteiger partial charge in [0.1, 0.15) is 12.0 Å². The third kappa shape index (κ3) is 10.6. The van der Waals surface area contributed by atoms with Crippen LogP contribution in [0.3, 0.4) is 0 Å². The number of aromatic nitrogens is 2. The molecule has 0 saturated carbocycles. The molecule has 2 heterocycles. The minimum absolute atomic E-state index is 0.0299. The molecule has 1 aliphatic heterocycles. The van der Waals surface area contributed by atoms with E-state index in [1.807, 2.05) is 13.8 Å². The zero-order valence-corrected chi connectivity index (χ0v) is 22.0. The van der Waals surface area contributed by atoms with E-state index in [4.69, 9.17) is 14.2 Å². The number of morpholine rings is 1. The SMILES string of the molecule is C=C(O)/C=C\C(CN(C=O)Cc1cn(C(CC)OCC)nc1C(=O)O)=C(/C)OC.CN1CCOCC1. The summed E-state index contributed by atoms with van der Waals surface area (Å²) in [6, 6.07) is 0. The summed E-state index contributed by atoms with van der Waals surface area (Å²) in [5.41, 5.74) is 0.871. The quantitative estimate of drug-likeness (QED) is 0.235. The highest BCUT2D eigenvalue weighted by Crippen LogP contribution is 2.19. The average molecular weight is 509 g/mol. The van der Waals surface area contributed by atoms with E-state index >= 15 is 0 Å². The fourth-order valence-electron chi connectivity index (χ4n) is 3.28. The maximum Gasteiger partial charge on any atom is 0.356 e. The zero-order valence-electron chi connectivity index (χ0n) is 22.0. The first-order chi connectivity index (χ1) is 17.2. The fourth-order valence-corrected chi connectivity index (χ4v) is 3.28. The van der Waals surface area contributed by atoms with Gasteiger partial charge in [-0.3, -0.25) is 4.79 Å². The second kappa shape index (κ2) is 16.5. The molecule has 1 aromatic rings. The van der Waals surface area contributed by atoms with Crippen molar-refractivity contribution in [2.24, 2.45) is 0 Å². The number of allylic oxidation sites excluding steroid dienone is 2. The molecule has 1 aromatic heterocycles. The first kappa shape index (κ1) is 30.9. The topological polar surface area (TPSA) is 127 Å². The molecule has 2 N–H and O–H groups in total. The molecule has 0 aliphatic carbocycles. The Labute approximate surface area is 213 Å². The van der Waals surface area contributed by atoms with Gasteiger partial charge in [0.15, 0.2) is 5.69 Å². The van der Waals surface area contributed by atoms with Crippen molar-refractivity contribution >= 4 is 12.4 Å². The molecule has 0 spiro atoms. The van der Waals surface area contributed by atoms with Crippen LogP contribution >= 0.6 is 0 Å². The number of carbonyl (C=O) groups is 2. The van der Waals surface area contributed by atoms with Gasteiger partial charge in [0.25, 0.3) is 0 Å². The molecule has 0 radical (unpaired) electrons. The number of hydrogen-bond donors (Lipinski definition) is 2. The van der Waals surface area contributed by atoms with E-state index in [0.29, 0.717) is 36.3 Å². The second-order valence-corrected chi connectivity index (χ2v) is 8.14. The number of amides is 1. The van der Waals surface area contributed by atoms with Crippen LogP contribution in [-0.4, -0.2) is 95.8 Å². The van der Waals surface area contributed by atoms with Gasteiger partial charge in [-0.05, 0) is 33.4 Å². The molecule has 11 heteroatoms. The van der Waals surface area contributed by atoms with Crippen LogP contribution in [0.5, 0.6) is 0 Å². The molecule has 1 atom stereocenters. The summed E-state index contributed by atoms with van der Waals surface area (Å²) in [6.07, 6.45) is 5.40. The number of carbonyl (C=O) groups excluding carboxylic acids is 1. The fraction of sp³-hybridized carbons (Fsp3) is 0.560. The lowest BCUT2D eigenvalue weighted by molar-refractivity contribution is -0.118. The van der Waals surface area contributed by atoms with Gasteiger partial charge in [0.05, 0.1) is 26.1 Å². The minimum atomic E-state index is -1.18. The Kier molecular flexibility index (Phi) is 14.2. The van der Waals surface area contributed by atoms with Gasteiger partial charge in [-0.2, -0.15) is 5.10 Å². The van der Waals surface area contributed by atoms with E-state index in [9.17, 15) is 19.8 Å². The first-order valence-electron chi connectivity index (χ1n) is 11.8. The Morgan fingerprint density at radius 2 is 1.97 bits per heavy atom. The lowest BCUT2D eigenvalue weighted by Crippen LogP contribution is -2.32. The molecular formula is C25H40N4O7. The smallest absolute Gasteiger partial charge is 0.356 e. The van der Waals surface area contributed by atoms with Crippen molar-refractivity contribution in [1.29, 1.82) is 0 Å². The van der Waals surface area contributed by atoms with E-state index in [1.165, 1.54) is 22.8 Å². The summed E-state index contributed by atoms with van der Waals surface area (Å²) < 4.78 is 17.4. The second-order valence-electron chi connectivity index (χ2n) is 8.14. The predicted octanol–water partition coefficient (Wildman–Crippen LogP) is 2.98. The Bertz CT molecular complexity index is 904. The third-order valence-corrected chi connectivity index (χ3v) is 5.38. The number of aliphatic hydroxyl groups is 1. The van der Waals surface area contributed by atoms with Crippen molar-refractivity contribution in [3.8, 4) is 0 Å². The number of hydrogen-bond acceptors (Lipinski definition) is 8. The highest BCUT2D eigenvalue weighted by atomic mass is 16.5. The minimum Gasteiger partial charge on any atom is -0.509 e. The number of carboxylic acid groups (broad SMARTS) is 1. The molecule has 0 aromatic carbocycles. The number of nitrogens with zero attached hydrogens (tertiary/aromatic N) is 4. The van der Waals surface area contributed by atoms with Crippen LogP contribution in [0.15, 0.2) is 42.0 Å². The normalized spacial score (nSPS) is 15.5. The van der Waals surface area contributed by atoms with Gasteiger partial charge in [-0.15, -0.1) is 0 Å². The van der Waals surface area contributed by atoms with Crippen LogP contribution in [0.4, 0.5) is 0 Å². The van der Waals surface area contributed by atoms with E-state index in [-0.39, 0.29) is 30.8 Å².